The summed E-state index contributed by atoms with van der Waals surface area (Å²) in [6.07, 6.45) is 4.12. The number of hydrazone groups is 1. The highest BCUT2D eigenvalue weighted by Gasteiger charge is 2.40. The van der Waals surface area contributed by atoms with Crippen LogP contribution in [0.3, 0.4) is 0 Å². The van der Waals surface area contributed by atoms with Gasteiger partial charge in [-0.3, -0.25) is 4.98 Å². The van der Waals surface area contributed by atoms with Gasteiger partial charge in [0.15, 0.2) is 0 Å². The molecule has 0 aliphatic carbocycles. The quantitative estimate of drug-likeness (QED) is 0.646. The molecule has 0 fully saturated rings. The number of nitrogens with zero attached hydrogens (tertiary/aromatic N) is 3. The van der Waals surface area contributed by atoms with Gasteiger partial charge in [0.2, 0.25) is 6.23 Å². The van der Waals surface area contributed by atoms with Crippen LogP contribution in [-0.4, -0.2) is 15.7 Å². The maximum Gasteiger partial charge on any atom is 0.213 e. The summed E-state index contributed by atoms with van der Waals surface area (Å²) in [5, 5.41) is 7.71. The topological polar surface area (TPSA) is 37.7 Å². The highest BCUT2D eigenvalue weighted by molar-refractivity contribution is 6.31. The summed E-state index contributed by atoms with van der Waals surface area (Å²) in [4.78, 5) is 4.12. The summed E-state index contributed by atoms with van der Waals surface area (Å²) in [5.74, 6) is 0.915. The number of fused-ring (bicyclic) bond motifs is 3. The van der Waals surface area contributed by atoms with E-state index in [1.54, 1.807) is 12.4 Å². The van der Waals surface area contributed by atoms with Crippen LogP contribution in [0.5, 0.6) is 5.75 Å². The number of para-hydroxylation sites is 1. The average molecular weight is 362 g/mol. The van der Waals surface area contributed by atoms with E-state index in [1.165, 1.54) is 5.56 Å². The Labute approximate surface area is 156 Å². The highest BCUT2D eigenvalue weighted by Crippen LogP contribution is 2.47. The number of hydrogen-bond donors (Lipinski definition) is 0. The van der Waals surface area contributed by atoms with Crippen molar-refractivity contribution in [2.45, 2.75) is 18.7 Å². The van der Waals surface area contributed by atoms with Gasteiger partial charge in [0.1, 0.15) is 5.75 Å². The Bertz CT molecular complexity index is 989. The van der Waals surface area contributed by atoms with Gasteiger partial charge in [-0.2, -0.15) is 5.10 Å². The lowest BCUT2D eigenvalue weighted by Crippen LogP contribution is -2.33. The molecule has 2 aliphatic heterocycles. The van der Waals surface area contributed by atoms with E-state index in [4.69, 9.17) is 21.4 Å². The molecule has 0 amide bonds. The minimum Gasteiger partial charge on any atom is -0.464 e. The minimum atomic E-state index is -0.269. The van der Waals surface area contributed by atoms with Crippen molar-refractivity contribution in [3.05, 3.63) is 94.8 Å². The summed E-state index contributed by atoms with van der Waals surface area (Å²) in [5.41, 5.74) is 4.28. The van der Waals surface area contributed by atoms with Crippen molar-refractivity contribution in [3.63, 3.8) is 0 Å². The van der Waals surface area contributed by atoms with Gasteiger partial charge in [-0.05, 0) is 35.9 Å². The van der Waals surface area contributed by atoms with Gasteiger partial charge in [0.25, 0.3) is 0 Å². The van der Waals surface area contributed by atoms with E-state index in [1.807, 2.05) is 48.5 Å². The van der Waals surface area contributed by atoms with E-state index in [9.17, 15) is 0 Å². The fourth-order valence-corrected chi connectivity index (χ4v) is 3.82. The summed E-state index contributed by atoms with van der Waals surface area (Å²) in [7, 11) is 0. The number of hydrogen-bond acceptors (Lipinski definition) is 4. The lowest BCUT2D eigenvalue weighted by molar-refractivity contribution is -0.0190. The first-order valence-electron chi connectivity index (χ1n) is 8.57. The number of halogens is 1. The predicted molar refractivity (Wildman–Crippen MR) is 101 cm³/mol. The summed E-state index contributed by atoms with van der Waals surface area (Å²) in [6, 6.07) is 20.2. The van der Waals surface area contributed by atoms with Crippen molar-refractivity contribution in [2.24, 2.45) is 5.10 Å². The average Bonchev–Trinajstić information content (AvgIpc) is 3.14. The van der Waals surface area contributed by atoms with E-state index < -0.39 is 0 Å². The maximum atomic E-state index is 6.30. The molecule has 5 rings (SSSR count). The van der Waals surface area contributed by atoms with Crippen LogP contribution in [-0.2, 0) is 0 Å². The van der Waals surface area contributed by atoms with Crippen molar-refractivity contribution >= 4 is 17.3 Å². The highest BCUT2D eigenvalue weighted by atomic mass is 35.5. The van der Waals surface area contributed by atoms with E-state index in [-0.39, 0.29) is 12.3 Å². The van der Waals surface area contributed by atoms with Gasteiger partial charge >= 0.3 is 0 Å². The summed E-state index contributed by atoms with van der Waals surface area (Å²) in [6.45, 7) is 0. The fourth-order valence-electron chi connectivity index (χ4n) is 3.62. The third-order valence-electron chi connectivity index (χ3n) is 4.85. The second-order valence-electron chi connectivity index (χ2n) is 6.45. The molecular formula is C21H16ClN3O. The Hall–Kier alpha value is -2.85. The molecule has 3 aromatic rings. The first-order chi connectivity index (χ1) is 12.8. The molecule has 4 nitrogen and oxygen atoms in total. The van der Waals surface area contributed by atoms with Crippen LogP contribution in [0.15, 0.2) is 78.2 Å². The smallest absolute Gasteiger partial charge is 0.213 e. The van der Waals surface area contributed by atoms with Crippen molar-refractivity contribution in [2.75, 3.05) is 0 Å². The van der Waals surface area contributed by atoms with Gasteiger partial charge in [0.05, 0.1) is 11.8 Å². The molecule has 0 unspecified atom stereocenters. The van der Waals surface area contributed by atoms with Gasteiger partial charge in [0, 0.05) is 35.0 Å². The third-order valence-corrected chi connectivity index (χ3v) is 5.08. The number of ether oxygens (including phenoxy) is 1. The van der Waals surface area contributed by atoms with Crippen molar-refractivity contribution < 1.29 is 4.74 Å². The largest absolute Gasteiger partial charge is 0.464 e. The lowest BCUT2D eigenvalue weighted by atomic mass is 9.96. The Morgan fingerprint density at radius 3 is 2.69 bits per heavy atom. The molecule has 2 aliphatic rings. The van der Waals surface area contributed by atoms with Crippen molar-refractivity contribution in [3.8, 4) is 5.75 Å². The summed E-state index contributed by atoms with van der Waals surface area (Å²) < 4.78 is 6.30. The predicted octanol–water partition coefficient (Wildman–Crippen LogP) is 4.98. The molecule has 26 heavy (non-hydrogen) atoms. The first-order valence-corrected chi connectivity index (χ1v) is 8.95. The zero-order chi connectivity index (χ0) is 17.5. The van der Waals surface area contributed by atoms with E-state index >= 15 is 0 Å². The Kier molecular flexibility index (Phi) is 3.64. The number of pyridine rings is 1. The second-order valence-corrected chi connectivity index (χ2v) is 6.88. The third kappa shape index (κ3) is 2.54. The first kappa shape index (κ1) is 15.4. The molecule has 0 radical (unpaired) electrons. The van der Waals surface area contributed by atoms with Crippen molar-refractivity contribution in [1.29, 1.82) is 0 Å². The molecule has 128 valence electrons. The summed E-state index contributed by atoms with van der Waals surface area (Å²) >= 11 is 6.18. The zero-order valence-electron chi connectivity index (χ0n) is 13.9. The zero-order valence-corrected chi connectivity index (χ0v) is 14.7. The Morgan fingerprint density at radius 1 is 1.00 bits per heavy atom. The monoisotopic (exact) mass is 361 g/mol. The SMILES string of the molecule is Clc1cccc(C2=NN3[C@H](C2)c2ccccc2O[C@@H]3c2ccncc2)c1. The maximum absolute atomic E-state index is 6.30. The van der Waals surface area contributed by atoms with Gasteiger partial charge in [-0.15, -0.1) is 0 Å². The van der Waals surface area contributed by atoms with Crippen LogP contribution in [0.4, 0.5) is 0 Å². The molecule has 2 aromatic carbocycles. The van der Waals surface area contributed by atoms with Crippen LogP contribution < -0.4 is 4.74 Å². The van der Waals surface area contributed by atoms with Crippen LogP contribution in [0.25, 0.3) is 0 Å². The van der Waals surface area contributed by atoms with Gasteiger partial charge in [-0.1, -0.05) is 41.9 Å². The Morgan fingerprint density at radius 2 is 1.85 bits per heavy atom. The van der Waals surface area contributed by atoms with Crippen LogP contribution in [0.2, 0.25) is 5.02 Å². The van der Waals surface area contributed by atoms with Gasteiger partial charge < -0.3 is 4.74 Å². The van der Waals surface area contributed by atoms with E-state index in [0.717, 1.165) is 34.0 Å². The normalized spacial score (nSPS) is 20.8. The molecular weight excluding hydrogens is 346 g/mol. The minimum absolute atomic E-state index is 0.145. The number of aromatic nitrogens is 1. The standard InChI is InChI=1S/C21H16ClN3O/c22-16-5-3-4-15(12-16)18-13-19-17-6-1-2-7-20(17)26-21(25(19)24-18)14-8-10-23-11-9-14/h1-12,19,21H,13H2/t19-,21-/m1/s1. The molecule has 3 heterocycles. The Balaban J connectivity index is 1.60. The van der Waals surface area contributed by atoms with Crippen LogP contribution in [0.1, 0.15) is 35.4 Å². The molecule has 5 heteroatoms. The number of benzene rings is 2. The van der Waals surface area contributed by atoms with Crippen LogP contribution >= 0.6 is 11.6 Å². The van der Waals surface area contributed by atoms with Crippen molar-refractivity contribution in [1.82, 2.24) is 9.99 Å². The van der Waals surface area contributed by atoms with Crippen LogP contribution in [0, 0.1) is 0 Å². The molecule has 2 atom stereocenters. The molecule has 0 saturated heterocycles. The molecule has 0 spiro atoms. The van der Waals surface area contributed by atoms with E-state index in [0.29, 0.717) is 0 Å². The van der Waals surface area contributed by atoms with E-state index in [2.05, 4.69) is 22.1 Å². The van der Waals surface area contributed by atoms with Gasteiger partial charge in [-0.25, -0.2) is 5.01 Å². The fraction of sp³-hybridized carbons (Fsp3) is 0.143. The lowest BCUT2D eigenvalue weighted by Gasteiger charge is -2.38. The molecule has 0 N–H and O–H groups in total. The number of rotatable bonds is 2. The molecule has 1 aromatic heterocycles. The second kappa shape index (κ2) is 6.15. The molecule has 0 saturated carbocycles. The molecule has 0 bridgehead atoms.